The van der Waals surface area contributed by atoms with Crippen LogP contribution in [0.25, 0.3) is 0 Å². The second kappa shape index (κ2) is 5.29. The molecular formula is C11H15N5S. The molecule has 0 bridgehead atoms. The van der Waals surface area contributed by atoms with Crippen molar-refractivity contribution in [2.75, 3.05) is 0 Å². The van der Waals surface area contributed by atoms with E-state index in [0.717, 1.165) is 10.7 Å². The molecule has 0 amide bonds. The standard InChI is InChI=1S/C11H15N5S/c1-8(17-11-13-14-15-16(11)2)10(12)9-6-4-3-5-7-9/h3-8,10H,12H2,1-2H3. The van der Waals surface area contributed by atoms with Crippen LogP contribution in [0.4, 0.5) is 0 Å². The number of rotatable bonds is 4. The van der Waals surface area contributed by atoms with Crippen LogP contribution >= 0.6 is 11.8 Å². The quantitative estimate of drug-likeness (QED) is 0.829. The van der Waals surface area contributed by atoms with Crippen molar-refractivity contribution < 1.29 is 0 Å². The van der Waals surface area contributed by atoms with Crippen molar-refractivity contribution >= 4 is 11.8 Å². The molecule has 2 unspecified atom stereocenters. The Morgan fingerprint density at radius 3 is 2.59 bits per heavy atom. The van der Waals surface area contributed by atoms with Gasteiger partial charge in [0.05, 0.1) is 0 Å². The average molecular weight is 249 g/mol. The van der Waals surface area contributed by atoms with Gasteiger partial charge in [0.1, 0.15) is 0 Å². The second-order valence-electron chi connectivity index (χ2n) is 3.84. The van der Waals surface area contributed by atoms with Gasteiger partial charge in [-0.3, -0.25) is 0 Å². The highest BCUT2D eigenvalue weighted by molar-refractivity contribution is 7.99. The molecule has 0 aliphatic heterocycles. The minimum Gasteiger partial charge on any atom is -0.323 e. The summed E-state index contributed by atoms with van der Waals surface area (Å²) in [6.45, 7) is 2.08. The first-order valence-corrected chi connectivity index (χ1v) is 6.26. The van der Waals surface area contributed by atoms with E-state index < -0.39 is 0 Å². The zero-order chi connectivity index (χ0) is 12.3. The number of aromatic nitrogens is 4. The molecular weight excluding hydrogens is 234 g/mol. The lowest BCUT2D eigenvalue weighted by atomic mass is 10.1. The number of tetrazole rings is 1. The molecule has 0 aliphatic carbocycles. The summed E-state index contributed by atoms with van der Waals surface area (Å²) in [5.74, 6) is 0. The van der Waals surface area contributed by atoms with Gasteiger partial charge in [0.2, 0.25) is 5.16 Å². The van der Waals surface area contributed by atoms with Crippen molar-refractivity contribution in [1.82, 2.24) is 20.2 Å². The summed E-state index contributed by atoms with van der Waals surface area (Å²) in [5, 5.41) is 12.3. The Balaban J connectivity index is 2.06. The summed E-state index contributed by atoms with van der Waals surface area (Å²) >= 11 is 1.58. The Morgan fingerprint density at radius 2 is 2.00 bits per heavy atom. The van der Waals surface area contributed by atoms with Crippen molar-refractivity contribution in [3.63, 3.8) is 0 Å². The Kier molecular flexibility index (Phi) is 3.75. The minimum absolute atomic E-state index is 0.0297. The number of nitrogens with two attached hydrogens (primary N) is 1. The smallest absolute Gasteiger partial charge is 0.209 e. The van der Waals surface area contributed by atoms with E-state index in [1.807, 2.05) is 37.4 Å². The largest absolute Gasteiger partial charge is 0.323 e. The van der Waals surface area contributed by atoms with Crippen molar-refractivity contribution in [3.8, 4) is 0 Å². The van der Waals surface area contributed by atoms with Gasteiger partial charge in [-0.15, -0.1) is 5.10 Å². The summed E-state index contributed by atoms with van der Waals surface area (Å²) in [5.41, 5.74) is 7.33. The summed E-state index contributed by atoms with van der Waals surface area (Å²) in [6, 6.07) is 10.0. The van der Waals surface area contributed by atoms with Gasteiger partial charge in [-0.1, -0.05) is 49.0 Å². The van der Waals surface area contributed by atoms with E-state index >= 15 is 0 Å². The molecule has 0 aliphatic rings. The van der Waals surface area contributed by atoms with Crippen molar-refractivity contribution in [1.29, 1.82) is 0 Å². The lowest BCUT2D eigenvalue weighted by Gasteiger charge is -2.18. The molecule has 0 spiro atoms. The monoisotopic (exact) mass is 249 g/mol. The van der Waals surface area contributed by atoms with Crippen LogP contribution in [-0.2, 0) is 7.05 Å². The van der Waals surface area contributed by atoms with Gasteiger partial charge in [-0.05, 0) is 16.0 Å². The van der Waals surface area contributed by atoms with E-state index in [4.69, 9.17) is 5.73 Å². The van der Waals surface area contributed by atoms with Crippen LogP contribution in [0.1, 0.15) is 18.5 Å². The van der Waals surface area contributed by atoms with Crippen molar-refractivity contribution in [3.05, 3.63) is 35.9 Å². The highest BCUT2D eigenvalue weighted by atomic mass is 32.2. The predicted octanol–water partition coefficient (Wildman–Crippen LogP) is 1.39. The molecule has 0 saturated carbocycles. The maximum Gasteiger partial charge on any atom is 0.209 e. The Labute approximate surface area is 104 Å². The van der Waals surface area contributed by atoms with E-state index in [-0.39, 0.29) is 11.3 Å². The van der Waals surface area contributed by atoms with E-state index in [0.29, 0.717) is 0 Å². The number of nitrogens with zero attached hydrogens (tertiary/aromatic N) is 4. The highest BCUT2D eigenvalue weighted by Crippen LogP contribution is 2.28. The van der Waals surface area contributed by atoms with Gasteiger partial charge in [0, 0.05) is 18.3 Å². The number of thioether (sulfide) groups is 1. The third-order valence-corrected chi connectivity index (χ3v) is 3.78. The van der Waals surface area contributed by atoms with Crippen LogP contribution in [0.3, 0.4) is 0 Å². The van der Waals surface area contributed by atoms with Crippen LogP contribution in [0.5, 0.6) is 0 Å². The summed E-state index contributed by atoms with van der Waals surface area (Å²) in [4.78, 5) is 0. The van der Waals surface area contributed by atoms with Crippen LogP contribution in [0.15, 0.2) is 35.5 Å². The van der Waals surface area contributed by atoms with Crippen molar-refractivity contribution in [2.24, 2.45) is 12.8 Å². The van der Waals surface area contributed by atoms with E-state index in [1.165, 1.54) is 0 Å². The third kappa shape index (κ3) is 2.83. The number of hydrogen-bond donors (Lipinski definition) is 1. The molecule has 6 heteroatoms. The number of hydrogen-bond acceptors (Lipinski definition) is 5. The van der Waals surface area contributed by atoms with Gasteiger partial charge in [0.15, 0.2) is 0 Å². The molecule has 2 aromatic rings. The first-order chi connectivity index (χ1) is 8.18. The first kappa shape index (κ1) is 12.1. The summed E-state index contributed by atoms with van der Waals surface area (Å²) < 4.78 is 1.65. The fraction of sp³-hybridized carbons (Fsp3) is 0.364. The van der Waals surface area contributed by atoms with Crippen LogP contribution in [-0.4, -0.2) is 25.5 Å². The van der Waals surface area contributed by atoms with E-state index in [1.54, 1.807) is 16.4 Å². The molecule has 17 heavy (non-hydrogen) atoms. The van der Waals surface area contributed by atoms with Gasteiger partial charge in [-0.25, -0.2) is 4.68 Å². The predicted molar refractivity (Wildman–Crippen MR) is 67.5 cm³/mol. The number of aryl methyl sites for hydroxylation is 1. The Hall–Kier alpha value is -1.40. The third-order valence-electron chi connectivity index (χ3n) is 2.56. The molecule has 0 saturated heterocycles. The topological polar surface area (TPSA) is 69.6 Å². The lowest BCUT2D eigenvalue weighted by molar-refractivity contribution is 0.657. The fourth-order valence-electron chi connectivity index (χ4n) is 1.51. The zero-order valence-electron chi connectivity index (χ0n) is 9.82. The van der Waals surface area contributed by atoms with Crippen LogP contribution in [0, 0.1) is 0 Å². The van der Waals surface area contributed by atoms with Gasteiger partial charge in [0.25, 0.3) is 0 Å². The van der Waals surface area contributed by atoms with Gasteiger partial charge < -0.3 is 5.73 Å². The second-order valence-corrected chi connectivity index (χ2v) is 5.19. The Morgan fingerprint density at radius 1 is 1.29 bits per heavy atom. The average Bonchev–Trinajstić information content (AvgIpc) is 2.75. The normalized spacial score (nSPS) is 14.5. The van der Waals surface area contributed by atoms with Gasteiger partial charge in [-0.2, -0.15) is 0 Å². The van der Waals surface area contributed by atoms with Gasteiger partial charge >= 0.3 is 0 Å². The number of benzene rings is 1. The molecule has 1 aromatic carbocycles. The lowest BCUT2D eigenvalue weighted by Crippen LogP contribution is -2.21. The SMILES string of the molecule is CC(Sc1nnnn1C)C(N)c1ccccc1. The van der Waals surface area contributed by atoms with Crippen LogP contribution in [0.2, 0.25) is 0 Å². The molecule has 0 fully saturated rings. The van der Waals surface area contributed by atoms with E-state index in [9.17, 15) is 0 Å². The highest BCUT2D eigenvalue weighted by Gasteiger charge is 2.18. The molecule has 2 N–H and O–H groups in total. The van der Waals surface area contributed by atoms with E-state index in [2.05, 4.69) is 22.4 Å². The summed E-state index contributed by atoms with van der Waals surface area (Å²) in [7, 11) is 1.82. The minimum atomic E-state index is -0.0297. The Bertz CT molecular complexity index is 470. The first-order valence-electron chi connectivity index (χ1n) is 5.38. The maximum absolute atomic E-state index is 6.21. The van der Waals surface area contributed by atoms with Crippen LogP contribution < -0.4 is 5.73 Å². The molecule has 0 radical (unpaired) electrons. The molecule has 1 heterocycles. The molecule has 5 nitrogen and oxygen atoms in total. The maximum atomic E-state index is 6.21. The molecule has 1 aromatic heterocycles. The summed E-state index contributed by atoms with van der Waals surface area (Å²) in [6.07, 6.45) is 0. The molecule has 90 valence electrons. The zero-order valence-corrected chi connectivity index (χ0v) is 10.6. The molecule has 2 rings (SSSR count). The van der Waals surface area contributed by atoms with Crippen molar-refractivity contribution in [2.45, 2.75) is 23.4 Å². The fourth-order valence-corrected chi connectivity index (χ4v) is 2.42. The molecule has 2 atom stereocenters.